The lowest BCUT2D eigenvalue weighted by atomic mass is 10.1. The summed E-state index contributed by atoms with van der Waals surface area (Å²) in [6.07, 6.45) is 13.8. The van der Waals surface area contributed by atoms with E-state index in [9.17, 15) is 0 Å². The first-order chi connectivity index (χ1) is 13.8. The minimum atomic E-state index is 0.595. The highest BCUT2D eigenvalue weighted by Crippen LogP contribution is 2.20. The summed E-state index contributed by atoms with van der Waals surface area (Å²) in [7, 11) is 0. The Bertz CT molecular complexity index is 948. The van der Waals surface area contributed by atoms with Crippen LogP contribution in [-0.4, -0.2) is 21.8 Å². The molecule has 2 heterocycles. The van der Waals surface area contributed by atoms with E-state index in [1.807, 2.05) is 57.5 Å². The summed E-state index contributed by atoms with van der Waals surface area (Å²) >= 11 is 0. The van der Waals surface area contributed by atoms with Gasteiger partial charge in [-0.15, -0.1) is 0 Å². The Hall–Kier alpha value is -2.98. The van der Waals surface area contributed by atoms with Crippen LogP contribution in [0, 0.1) is 0 Å². The monoisotopic (exact) mass is 390 g/mol. The molecule has 154 valence electrons. The fraction of sp³-hybridized carbons (Fsp3) is 0.280. The van der Waals surface area contributed by atoms with E-state index in [0.717, 1.165) is 34.6 Å². The Balaban J connectivity index is 0.000000396. The molecular weight excluding hydrogens is 356 g/mol. The van der Waals surface area contributed by atoms with Crippen molar-refractivity contribution >= 4 is 16.7 Å². The molecule has 2 N–H and O–H groups in total. The molecule has 0 atom stereocenters. The maximum absolute atomic E-state index is 5.63. The third-order valence-electron chi connectivity index (χ3n) is 3.95. The summed E-state index contributed by atoms with van der Waals surface area (Å²) < 4.78 is 2.06. The standard InChI is InChI=1S/C16H20N4.C9H14/c1-4-5-15(19-12(2)3)13-6-9-18-16-14(13)7-10-20(16)11-8-17;1-5-9(4)7-6-8(2)3/h4-7,9-10H,2,8,11,17H2,1,3H3;5-7H,1H2,2-4H3/b5-4-,19-15?;9-7-. The minimum absolute atomic E-state index is 0.595. The largest absolute Gasteiger partial charge is 0.331 e. The van der Waals surface area contributed by atoms with E-state index < -0.39 is 0 Å². The second-order valence-corrected chi connectivity index (χ2v) is 6.98. The van der Waals surface area contributed by atoms with Crippen molar-refractivity contribution in [1.82, 2.24) is 9.55 Å². The maximum atomic E-state index is 5.63. The number of hydrogen-bond donors (Lipinski definition) is 1. The van der Waals surface area contributed by atoms with E-state index in [0.29, 0.717) is 6.54 Å². The van der Waals surface area contributed by atoms with Gasteiger partial charge in [-0.25, -0.2) is 4.98 Å². The molecule has 0 spiro atoms. The predicted molar refractivity (Wildman–Crippen MR) is 128 cm³/mol. The zero-order valence-corrected chi connectivity index (χ0v) is 18.4. The molecule has 4 heteroatoms. The van der Waals surface area contributed by atoms with Crippen LogP contribution in [0.5, 0.6) is 0 Å². The first kappa shape index (κ1) is 24.1. The molecule has 29 heavy (non-hydrogen) atoms. The normalized spacial score (nSPS) is 11.9. The molecule has 0 amide bonds. The molecule has 0 radical (unpaired) electrons. The van der Waals surface area contributed by atoms with Crippen LogP contribution in [-0.2, 0) is 6.54 Å². The molecule has 0 aliphatic rings. The highest BCUT2D eigenvalue weighted by molar-refractivity contribution is 6.16. The number of rotatable bonds is 7. The van der Waals surface area contributed by atoms with Crippen molar-refractivity contribution in [1.29, 1.82) is 0 Å². The lowest BCUT2D eigenvalue weighted by molar-refractivity contribution is 0.728. The number of nitrogens with zero attached hydrogens (tertiary/aromatic N) is 3. The van der Waals surface area contributed by atoms with E-state index in [1.165, 1.54) is 11.1 Å². The molecular formula is C25H34N4. The lowest BCUT2D eigenvalue weighted by Crippen LogP contribution is -2.09. The van der Waals surface area contributed by atoms with Gasteiger partial charge < -0.3 is 10.3 Å². The van der Waals surface area contributed by atoms with Crippen LogP contribution in [0.25, 0.3) is 11.0 Å². The average Bonchev–Trinajstić information content (AvgIpc) is 3.09. The van der Waals surface area contributed by atoms with Crippen molar-refractivity contribution in [2.45, 2.75) is 41.2 Å². The van der Waals surface area contributed by atoms with Crippen molar-refractivity contribution in [2.75, 3.05) is 6.54 Å². The summed E-state index contributed by atoms with van der Waals surface area (Å²) in [5, 5.41) is 1.08. The second-order valence-electron chi connectivity index (χ2n) is 6.98. The number of aliphatic imine (C=N–C) groups is 1. The molecule has 2 aromatic rings. The summed E-state index contributed by atoms with van der Waals surface area (Å²) in [4.78, 5) is 8.96. The van der Waals surface area contributed by atoms with Gasteiger partial charge in [0.15, 0.2) is 0 Å². The summed E-state index contributed by atoms with van der Waals surface area (Å²) in [5.41, 5.74) is 11.8. The van der Waals surface area contributed by atoms with Crippen molar-refractivity contribution in [3.05, 3.63) is 90.5 Å². The highest BCUT2D eigenvalue weighted by atomic mass is 15.0. The maximum Gasteiger partial charge on any atom is 0.140 e. The lowest BCUT2D eigenvalue weighted by Gasteiger charge is -2.06. The zero-order valence-electron chi connectivity index (χ0n) is 18.4. The first-order valence-electron chi connectivity index (χ1n) is 9.79. The van der Waals surface area contributed by atoms with Gasteiger partial charge in [0, 0.05) is 42.1 Å². The molecule has 4 nitrogen and oxygen atoms in total. The minimum Gasteiger partial charge on any atom is -0.331 e. The molecule has 0 saturated heterocycles. The summed E-state index contributed by atoms with van der Waals surface area (Å²) in [6, 6.07) is 4.04. The molecule has 0 aliphatic heterocycles. The van der Waals surface area contributed by atoms with Gasteiger partial charge in [-0.2, -0.15) is 0 Å². The molecule has 0 unspecified atom stereocenters. The average molecular weight is 391 g/mol. The van der Waals surface area contributed by atoms with E-state index in [1.54, 1.807) is 0 Å². The highest BCUT2D eigenvalue weighted by Gasteiger charge is 2.09. The SMILES string of the molecule is C=C(C)N=C(/C=C\C)c1ccnc2c1ccn2CCN.C=C/C(C)=C\C=C(C)C. The molecule has 0 saturated carbocycles. The van der Waals surface area contributed by atoms with Crippen LogP contribution in [0.2, 0.25) is 0 Å². The summed E-state index contributed by atoms with van der Waals surface area (Å²) in [5.74, 6) is 0. The first-order valence-corrected chi connectivity index (χ1v) is 9.79. The van der Waals surface area contributed by atoms with Crippen molar-refractivity contribution in [3.63, 3.8) is 0 Å². The number of pyridine rings is 1. The Morgan fingerprint density at radius 1 is 1.21 bits per heavy atom. The van der Waals surface area contributed by atoms with Gasteiger partial charge in [-0.1, -0.05) is 48.6 Å². The van der Waals surface area contributed by atoms with Crippen LogP contribution < -0.4 is 5.73 Å². The van der Waals surface area contributed by atoms with Gasteiger partial charge in [0.2, 0.25) is 0 Å². The van der Waals surface area contributed by atoms with Crippen molar-refractivity contribution in [3.8, 4) is 0 Å². The van der Waals surface area contributed by atoms with E-state index in [2.05, 4.69) is 59.8 Å². The quantitative estimate of drug-likeness (QED) is 0.467. The van der Waals surface area contributed by atoms with Gasteiger partial charge in [-0.3, -0.25) is 4.99 Å². The number of fused-ring (bicyclic) bond motifs is 1. The van der Waals surface area contributed by atoms with E-state index >= 15 is 0 Å². The fourth-order valence-corrected chi connectivity index (χ4v) is 2.55. The topological polar surface area (TPSA) is 56.2 Å². The number of nitrogens with two attached hydrogens (primary N) is 1. The van der Waals surface area contributed by atoms with Gasteiger partial charge >= 0.3 is 0 Å². The Kier molecular flexibility index (Phi) is 10.3. The van der Waals surface area contributed by atoms with Crippen LogP contribution in [0.15, 0.2) is 89.9 Å². The van der Waals surface area contributed by atoms with Crippen LogP contribution in [0.3, 0.4) is 0 Å². The van der Waals surface area contributed by atoms with Crippen LogP contribution >= 0.6 is 0 Å². The number of hydrogen-bond acceptors (Lipinski definition) is 3. The third kappa shape index (κ3) is 7.88. The van der Waals surface area contributed by atoms with E-state index in [4.69, 9.17) is 5.73 Å². The van der Waals surface area contributed by atoms with Gasteiger partial charge in [0.25, 0.3) is 0 Å². The fourth-order valence-electron chi connectivity index (χ4n) is 2.55. The molecule has 2 rings (SSSR count). The van der Waals surface area contributed by atoms with Crippen molar-refractivity contribution < 1.29 is 0 Å². The molecule has 0 aromatic carbocycles. The predicted octanol–water partition coefficient (Wildman–Crippen LogP) is 5.98. The molecule has 0 bridgehead atoms. The summed E-state index contributed by atoms with van der Waals surface area (Å²) in [6.45, 7) is 18.9. The Morgan fingerprint density at radius 3 is 2.48 bits per heavy atom. The smallest absolute Gasteiger partial charge is 0.140 e. The Labute approximate surface area is 175 Å². The second kappa shape index (κ2) is 12.5. The van der Waals surface area contributed by atoms with Crippen LogP contribution in [0.1, 0.15) is 40.2 Å². The molecule has 2 aromatic heterocycles. The number of allylic oxidation sites excluding steroid dienone is 8. The Morgan fingerprint density at radius 2 is 1.93 bits per heavy atom. The third-order valence-corrected chi connectivity index (χ3v) is 3.95. The van der Waals surface area contributed by atoms with E-state index in [-0.39, 0.29) is 0 Å². The zero-order chi connectivity index (χ0) is 21.8. The van der Waals surface area contributed by atoms with Crippen LogP contribution in [0.4, 0.5) is 0 Å². The molecule has 0 aliphatic carbocycles. The van der Waals surface area contributed by atoms with Crippen molar-refractivity contribution in [2.24, 2.45) is 10.7 Å². The number of aromatic nitrogens is 2. The van der Waals surface area contributed by atoms with Gasteiger partial charge in [0.05, 0.1) is 5.71 Å². The van der Waals surface area contributed by atoms with Gasteiger partial charge in [0.1, 0.15) is 5.65 Å². The van der Waals surface area contributed by atoms with Gasteiger partial charge in [-0.05, 0) is 52.8 Å². The molecule has 0 fully saturated rings.